The normalized spacial score (nSPS) is 11.1. The van der Waals surface area contributed by atoms with E-state index in [1.165, 1.54) is 0 Å². The maximum atomic E-state index is 10.1. The minimum atomic E-state index is -1.22. The van der Waals surface area contributed by atoms with Gasteiger partial charge in [-0.2, -0.15) is 0 Å². The van der Waals surface area contributed by atoms with Crippen molar-refractivity contribution in [3.05, 3.63) is 42.0 Å². The first-order valence-electron chi connectivity index (χ1n) is 4.78. The van der Waals surface area contributed by atoms with E-state index in [2.05, 4.69) is 4.74 Å². The molecule has 0 aliphatic rings. The van der Waals surface area contributed by atoms with Crippen molar-refractivity contribution in [3.8, 4) is 0 Å². The zero-order chi connectivity index (χ0) is 11.1. The molecule has 0 atom stereocenters. The van der Waals surface area contributed by atoms with E-state index < -0.39 is 6.16 Å². The standard InChI is InChI=1S/C12H14O3/c1-10(6-5-9-15-12(13)14)11-7-3-2-4-8-11/h2-4,6-8H,5,9H2,1H3,(H,13,14)/b10-6+. The molecule has 0 aliphatic heterocycles. The van der Waals surface area contributed by atoms with Gasteiger partial charge in [0.25, 0.3) is 0 Å². The predicted molar refractivity (Wildman–Crippen MR) is 58.7 cm³/mol. The fraction of sp³-hybridized carbons (Fsp3) is 0.250. The van der Waals surface area contributed by atoms with Gasteiger partial charge in [-0.3, -0.25) is 0 Å². The van der Waals surface area contributed by atoms with E-state index in [0.717, 1.165) is 11.1 Å². The van der Waals surface area contributed by atoms with Crippen molar-refractivity contribution in [1.82, 2.24) is 0 Å². The molecule has 0 radical (unpaired) electrons. The lowest BCUT2D eigenvalue weighted by Gasteiger charge is -2.01. The Hall–Kier alpha value is -1.77. The molecule has 0 amide bonds. The number of carboxylic acid groups (broad SMARTS) is 1. The topological polar surface area (TPSA) is 46.5 Å². The minimum Gasteiger partial charge on any atom is -0.450 e. The monoisotopic (exact) mass is 206 g/mol. The van der Waals surface area contributed by atoms with Crippen molar-refractivity contribution in [2.45, 2.75) is 13.3 Å². The molecular weight excluding hydrogens is 192 g/mol. The SMILES string of the molecule is C/C(=C\CCOC(=O)O)c1ccccc1. The van der Waals surface area contributed by atoms with Gasteiger partial charge in [-0.1, -0.05) is 36.4 Å². The third-order valence-corrected chi connectivity index (χ3v) is 2.02. The Kier molecular flexibility index (Phi) is 4.41. The summed E-state index contributed by atoms with van der Waals surface area (Å²) in [5.41, 5.74) is 2.28. The molecule has 0 saturated carbocycles. The maximum Gasteiger partial charge on any atom is 0.505 e. The van der Waals surface area contributed by atoms with Crippen LogP contribution in [0.1, 0.15) is 18.9 Å². The van der Waals surface area contributed by atoms with Crippen LogP contribution in [0.3, 0.4) is 0 Å². The van der Waals surface area contributed by atoms with Crippen LogP contribution in [0.2, 0.25) is 0 Å². The van der Waals surface area contributed by atoms with Gasteiger partial charge in [0.1, 0.15) is 0 Å². The fourth-order valence-electron chi connectivity index (χ4n) is 1.24. The number of hydrogen-bond acceptors (Lipinski definition) is 2. The summed E-state index contributed by atoms with van der Waals surface area (Å²) in [4.78, 5) is 10.1. The van der Waals surface area contributed by atoms with Crippen LogP contribution in [0.25, 0.3) is 5.57 Å². The first kappa shape index (κ1) is 11.3. The molecule has 1 aromatic rings. The van der Waals surface area contributed by atoms with Gasteiger partial charge in [-0.15, -0.1) is 0 Å². The summed E-state index contributed by atoms with van der Waals surface area (Å²) in [5, 5.41) is 8.25. The average Bonchev–Trinajstić information content (AvgIpc) is 2.25. The number of allylic oxidation sites excluding steroid dienone is 1. The summed E-state index contributed by atoms with van der Waals surface area (Å²) < 4.78 is 4.40. The Morgan fingerprint density at radius 2 is 2.07 bits per heavy atom. The fourth-order valence-corrected chi connectivity index (χ4v) is 1.24. The number of ether oxygens (including phenoxy) is 1. The highest BCUT2D eigenvalue weighted by atomic mass is 16.7. The van der Waals surface area contributed by atoms with Crippen molar-refractivity contribution in [1.29, 1.82) is 0 Å². The van der Waals surface area contributed by atoms with Crippen LogP contribution in [0.5, 0.6) is 0 Å². The molecule has 0 bridgehead atoms. The average molecular weight is 206 g/mol. The van der Waals surface area contributed by atoms with Crippen molar-refractivity contribution < 1.29 is 14.6 Å². The molecular formula is C12H14O3. The predicted octanol–water partition coefficient (Wildman–Crippen LogP) is 3.17. The van der Waals surface area contributed by atoms with Gasteiger partial charge >= 0.3 is 6.16 Å². The van der Waals surface area contributed by atoms with Gasteiger partial charge in [0.05, 0.1) is 6.61 Å². The molecule has 0 unspecified atom stereocenters. The lowest BCUT2D eigenvalue weighted by molar-refractivity contribution is 0.0933. The second kappa shape index (κ2) is 5.86. The summed E-state index contributed by atoms with van der Waals surface area (Å²) in [6.45, 7) is 2.20. The Balaban J connectivity index is 2.43. The highest BCUT2D eigenvalue weighted by Crippen LogP contribution is 2.13. The van der Waals surface area contributed by atoms with Crippen LogP contribution < -0.4 is 0 Å². The molecule has 0 heterocycles. The van der Waals surface area contributed by atoms with Gasteiger partial charge in [0.2, 0.25) is 0 Å². The molecule has 0 spiro atoms. The second-order valence-electron chi connectivity index (χ2n) is 3.16. The van der Waals surface area contributed by atoms with Crippen molar-refractivity contribution >= 4 is 11.7 Å². The van der Waals surface area contributed by atoms with Crippen LogP contribution in [0.4, 0.5) is 4.79 Å². The second-order valence-corrected chi connectivity index (χ2v) is 3.16. The number of benzene rings is 1. The molecule has 1 aromatic carbocycles. The first-order valence-corrected chi connectivity index (χ1v) is 4.78. The Morgan fingerprint density at radius 1 is 1.40 bits per heavy atom. The molecule has 1 rings (SSSR count). The van der Waals surface area contributed by atoms with Crippen LogP contribution in [0, 0.1) is 0 Å². The van der Waals surface area contributed by atoms with Gasteiger partial charge in [-0.05, 0) is 18.1 Å². The number of carbonyl (C=O) groups is 1. The summed E-state index contributed by atoms with van der Waals surface area (Å²) in [5.74, 6) is 0. The molecule has 0 aromatic heterocycles. The molecule has 0 aliphatic carbocycles. The highest BCUT2D eigenvalue weighted by molar-refractivity contribution is 5.63. The van der Waals surface area contributed by atoms with Crippen molar-refractivity contribution in [2.24, 2.45) is 0 Å². The zero-order valence-corrected chi connectivity index (χ0v) is 8.64. The molecule has 0 fully saturated rings. The first-order chi connectivity index (χ1) is 7.20. The highest BCUT2D eigenvalue weighted by Gasteiger charge is 1.95. The summed E-state index contributed by atoms with van der Waals surface area (Å²) >= 11 is 0. The van der Waals surface area contributed by atoms with Crippen molar-refractivity contribution in [3.63, 3.8) is 0 Å². The van der Waals surface area contributed by atoms with E-state index in [9.17, 15) is 4.79 Å². The zero-order valence-electron chi connectivity index (χ0n) is 8.64. The molecule has 1 N–H and O–H groups in total. The lowest BCUT2D eigenvalue weighted by Crippen LogP contribution is -2.00. The van der Waals surface area contributed by atoms with Crippen LogP contribution in [-0.4, -0.2) is 17.9 Å². The van der Waals surface area contributed by atoms with E-state index in [0.29, 0.717) is 6.42 Å². The smallest absolute Gasteiger partial charge is 0.450 e. The summed E-state index contributed by atoms with van der Waals surface area (Å²) in [6.07, 6.45) is 1.35. The molecule has 3 nitrogen and oxygen atoms in total. The molecule has 0 saturated heterocycles. The van der Waals surface area contributed by atoms with E-state index in [1.807, 2.05) is 43.3 Å². The Labute approximate surface area is 89.0 Å². The van der Waals surface area contributed by atoms with Crippen molar-refractivity contribution in [2.75, 3.05) is 6.61 Å². The largest absolute Gasteiger partial charge is 0.505 e. The quantitative estimate of drug-likeness (QED) is 0.608. The Bertz CT molecular complexity index is 341. The molecule has 3 heteroatoms. The minimum absolute atomic E-state index is 0.208. The maximum absolute atomic E-state index is 10.1. The van der Waals surface area contributed by atoms with Crippen LogP contribution in [0.15, 0.2) is 36.4 Å². The summed E-state index contributed by atoms with van der Waals surface area (Å²) in [7, 11) is 0. The third kappa shape index (κ3) is 4.31. The van der Waals surface area contributed by atoms with E-state index in [1.54, 1.807) is 0 Å². The van der Waals surface area contributed by atoms with E-state index in [4.69, 9.17) is 5.11 Å². The van der Waals surface area contributed by atoms with Crippen LogP contribution in [-0.2, 0) is 4.74 Å². The van der Waals surface area contributed by atoms with E-state index in [-0.39, 0.29) is 6.61 Å². The van der Waals surface area contributed by atoms with Gasteiger partial charge < -0.3 is 9.84 Å². The third-order valence-electron chi connectivity index (χ3n) is 2.02. The Morgan fingerprint density at radius 3 is 2.67 bits per heavy atom. The molecule has 15 heavy (non-hydrogen) atoms. The van der Waals surface area contributed by atoms with Gasteiger partial charge in [-0.25, -0.2) is 4.79 Å². The number of rotatable bonds is 4. The molecule has 80 valence electrons. The van der Waals surface area contributed by atoms with Crippen LogP contribution >= 0.6 is 0 Å². The van der Waals surface area contributed by atoms with Gasteiger partial charge in [0, 0.05) is 6.42 Å². The van der Waals surface area contributed by atoms with E-state index >= 15 is 0 Å². The summed E-state index contributed by atoms with van der Waals surface area (Å²) in [6, 6.07) is 9.94. The van der Waals surface area contributed by atoms with Gasteiger partial charge in [0.15, 0.2) is 0 Å². The lowest BCUT2D eigenvalue weighted by atomic mass is 10.1. The number of hydrogen-bond donors (Lipinski definition) is 1.